The van der Waals surface area contributed by atoms with E-state index in [1.807, 2.05) is 6.07 Å². The van der Waals surface area contributed by atoms with E-state index in [0.717, 1.165) is 5.56 Å². The summed E-state index contributed by atoms with van der Waals surface area (Å²) in [6.07, 6.45) is 0. The molecule has 3 rings (SSSR count). The molecule has 20 heavy (non-hydrogen) atoms. The van der Waals surface area contributed by atoms with Crippen LogP contribution in [0.1, 0.15) is 5.56 Å². The van der Waals surface area contributed by atoms with E-state index < -0.39 is 5.82 Å². The minimum Gasteiger partial charge on any atom is -0.454 e. The highest BCUT2D eigenvalue weighted by Gasteiger charge is 2.18. The zero-order valence-corrected chi connectivity index (χ0v) is 11.8. The molecular formula is C14H10Cl2FNO2. The SMILES string of the molecule is Fc1cc(NCc2cc(Cl)c3c(c2)OCO3)ccc1Cl. The van der Waals surface area contributed by atoms with Crippen molar-refractivity contribution in [2.45, 2.75) is 6.54 Å². The van der Waals surface area contributed by atoms with E-state index in [-0.39, 0.29) is 11.8 Å². The maximum Gasteiger partial charge on any atom is 0.231 e. The molecule has 104 valence electrons. The smallest absolute Gasteiger partial charge is 0.231 e. The first-order chi connectivity index (χ1) is 9.63. The van der Waals surface area contributed by atoms with E-state index in [2.05, 4.69) is 5.32 Å². The van der Waals surface area contributed by atoms with Crippen LogP contribution in [0.4, 0.5) is 10.1 Å². The van der Waals surface area contributed by atoms with Crippen molar-refractivity contribution in [2.75, 3.05) is 12.1 Å². The Balaban J connectivity index is 1.75. The molecule has 2 aromatic carbocycles. The zero-order chi connectivity index (χ0) is 14.1. The van der Waals surface area contributed by atoms with Gasteiger partial charge in [-0.3, -0.25) is 0 Å². The van der Waals surface area contributed by atoms with E-state index in [0.29, 0.717) is 28.8 Å². The van der Waals surface area contributed by atoms with Crippen LogP contribution in [0.5, 0.6) is 11.5 Å². The van der Waals surface area contributed by atoms with Crippen molar-refractivity contribution >= 4 is 28.9 Å². The van der Waals surface area contributed by atoms with Gasteiger partial charge >= 0.3 is 0 Å². The Kier molecular flexibility index (Phi) is 3.59. The molecule has 0 saturated heterocycles. The number of fused-ring (bicyclic) bond motifs is 1. The lowest BCUT2D eigenvalue weighted by molar-refractivity contribution is 0.174. The number of ether oxygens (including phenoxy) is 2. The van der Waals surface area contributed by atoms with Gasteiger partial charge < -0.3 is 14.8 Å². The average Bonchev–Trinajstić information content (AvgIpc) is 2.89. The Morgan fingerprint density at radius 2 is 1.95 bits per heavy atom. The van der Waals surface area contributed by atoms with Gasteiger partial charge in [0, 0.05) is 12.2 Å². The van der Waals surface area contributed by atoms with Crippen molar-refractivity contribution < 1.29 is 13.9 Å². The molecule has 0 saturated carbocycles. The molecule has 0 fully saturated rings. The number of hydrogen-bond donors (Lipinski definition) is 1. The molecule has 2 aromatic rings. The lowest BCUT2D eigenvalue weighted by Gasteiger charge is -2.09. The third-order valence-corrected chi connectivity index (χ3v) is 3.49. The topological polar surface area (TPSA) is 30.5 Å². The molecule has 1 N–H and O–H groups in total. The van der Waals surface area contributed by atoms with Crippen molar-refractivity contribution in [2.24, 2.45) is 0 Å². The Morgan fingerprint density at radius 3 is 2.75 bits per heavy atom. The van der Waals surface area contributed by atoms with Crippen LogP contribution >= 0.6 is 23.2 Å². The highest BCUT2D eigenvalue weighted by Crippen LogP contribution is 2.39. The molecule has 0 bridgehead atoms. The summed E-state index contributed by atoms with van der Waals surface area (Å²) >= 11 is 11.7. The minimum absolute atomic E-state index is 0.0988. The maximum atomic E-state index is 13.3. The predicted octanol–water partition coefficient (Wildman–Crippen LogP) is 4.47. The summed E-state index contributed by atoms with van der Waals surface area (Å²) in [5.74, 6) is 0.727. The van der Waals surface area contributed by atoms with Gasteiger partial charge in [-0.1, -0.05) is 23.2 Å². The minimum atomic E-state index is -0.458. The van der Waals surface area contributed by atoms with Crippen molar-refractivity contribution in [3.63, 3.8) is 0 Å². The fourth-order valence-electron chi connectivity index (χ4n) is 1.93. The number of anilines is 1. The van der Waals surface area contributed by atoms with Crippen LogP contribution in [0.2, 0.25) is 10.0 Å². The van der Waals surface area contributed by atoms with Crippen LogP contribution in [0.15, 0.2) is 30.3 Å². The lowest BCUT2D eigenvalue weighted by atomic mass is 10.2. The first kappa shape index (κ1) is 13.3. The van der Waals surface area contributed by atoms with Gasteiger partial charge in [-0.05, 0) is 35.9 Å². The molecule has 0 amide bonds. The van der Waals surface area contributed by atoms with Gasteiger partial charge in [-0.25, -0.2) is 4.39 Å². The molecule has 0 aliphatic carbocycles. The van der Waals surface area contributed by atoms with Gasteiger partial charge in [-0.2, -0.15) is 0 Å². The summed E-state index contributed by atoms with van der Waals surface area (Å²) in [7, 11) is 0. The van der Waals surface area contributed by atoms with Gasteiger partial charge in [0.25, 0.3) is 0 Å². The molecule has 1 aliphatic heterocycles. The van der Waals surface area contributed by atoms with E-state index in [4.69, 9.17) is 32.7 Å². The molecule has 0 aromatic heterocycles. The maximum absolute atomic E-state index is 13.3. The van der Waals surface area contributed by atoms with Crippen molar-refractivity contribution in [3.05, 3.63) is 51.8 Å². The number of halogens is 3. The molecule has 3 nitrogen and oxygen atoms in total. The van der Waals surface area contributed by atoms with E-state index in [9.17, 15) is 4.39 Å². The summed E-state index contributed by atoms with van der Waals surface area (Å²) in [6, 6.07) is 8.19. The fourth-order valence-corrected chi connectivity index (χ4v) is 2.34. The second-order valence-corrected chi connectivity index (χ2v) is 5.11. The lowest BCUT2D eigenvalue weighted by Crippen LogP contribution is -2.00. The number of nitrogens with one attached hydrogen (secondary N) is 1. The predicted molar refractivity (Wildman–Crippen MR) is 76.3 cm³/mol. The Labute approximate surface area is 125 Å². The Hall–Kier alpha value is -1.65. The van der Waals surface area contributed by atoms with Crippen LogP contribution in [0.3, 0.4) is 0 Å². The zero-order valence-electron chi connectivity index (χ0n) is 10.3. The van der Waals surface area contributed by atoms with E-state index in [1.54, 1.807) is 12.1 Å². The second kappa shape index (κ2) is 5.38. The monoisotopic (exact) mass is 313 g/mol. The van der Waals surface area contributed by atoms with Crippen LogP contribution in [-0.2, 0) is 6.54 Å². The molecule has 0 atom stereocenters. The summed E-state index contributed by atoms with van der Waals surface area (Å²) in [5, 5.41) is 3.69. The molecule has 6 heteroatoms. The molecule has 0 unspecified atom stereocenters. The summed E-state index contributed by atoms with van der Waals surface area (Å²) in [6.45, 7) is 0.658. The van der Waals surface area contributed by atoms with Crippen LogP contribution in [-0.4, -0.2) is 6.79 Å². The number of benzene rings is 2. The quantitative estimate of drug-likeness (QED) is 0.906. The van der Waals surface area contributed by atoms with E-state index in [1.165, 1.54) is 12.1 Å². The first-order valence-corrected chi connectivity index (χ1v) is 6.66. The van der Waals surface area contributed by atoms with Gasteiger partial charge in [0.1, 0.15) is 5.82 Å². The molecule has 0 spiro atoms. The Morgan fingerprint density at radius 1 is 1.10 bits per heavy atom. The number of rotatable bonds is 3. The highest BCUT2D eigenvalue weighted by molar-refractivity contribution is 6.32. The van der Waals surface area contributed by atoms with Gasteiger partial charge in [-0.15, -0.1) is 0 Å². The molecule has 1 aliphatic rings. The van der Waals surface area contributed by atoms with Gasteiger partial charge in [0.05, 0.1) is 10.0 Å². The molecule has 0 radical (unpaired) electrons. The van der Waals surface area contributed by atoms with Crippen LogP contribution < -0.4 is 14.8 Å². The van der Waals surface area contributed by atoms with Gasteiger partial charge in [0.2, 0.25) is 6.79 Å². The molecular weight excluding hydrogens is 304 g/mol. The first-order valence-electron chi connectivity index (χ1n) is 5.90. The highest BCUT2D eigenvalue weighted by atomic mass is 35.5. The summed E-state index contributed by atoms with van der Waals surface area (Å²) < 4.78 is 23.9. The third kappa shape index (κ3) is 2.62. The van der Waals surface area contributed by atoms with Crippen LogP contribution in [0.25, 0.3) is 0 Å². The average molecular weight is 314 g/mol. The largest absolute Gasteiger partial charge is 0.454 e. The van der Waals surface area contributed by atoms with Crippen molar-refractivity contribution in [1.82, 2.24) is 0 Å². The van der Waals surface area contributed by atoms with Crippen molar-refractivity contribution in [3.8, 4) is 11.5 Å². The second-order valence-electron chi connectivity index (χ2n) is 4.29. The van der Waals surface area contributed by atoms with Crippen LogP contribution in [0, 0.1) is 5.82 Å². The normalized spacial score (nSPS) is 12.6. The standard InChI is InChI=1S/C14H10Cl2FNO2/c15-10-2-1-9(5-12(10)17)18-6-8-3-11(16)14-13(4-8)19-7-20-14/h1-5,18H,6-7H2. The number of hydrogen-bond acceptors (Lipinski definition) is 3. The summed E-state index contributed by atoms with van der Waals surface area (Å²) in [5.41, 5.74) is 1.55. The van der Waals surface area contributed by atoms with Crippen molar-refractivity contribution in [1.29, 1.82) is 0 Å². The molecule has 1 heterocycles. The van der Waals surface area contributed by atoms with E-state index >= 15 is 0 Å². The fraction of sp³-hybridized carbons (Fsp3) is 0.143. The summed E-state index contributed by atoms with van der Waals surface area (Å²) in [4.78, 5) is 0. The third-order valence-electron chi connectivity index (χ3n) is 2.90. The Bertz CT molecular complexity index is 664. The van der Waals surface area contributed by atoms with Gasteiger partial charge in [0.15, 0.2) is 11.5 Å².